The molecule has 0 nitrogen and oxygen atoms in total. The fraction of sp³-hybridized carbons (Fsp3) is 0. The molecule has 0 aromatic carbocycles. The highest BCUT2D eigenvalue weighted by molar-refractivity contribution is 5.19. The predicted octanol–water partition coefficient (Wildman–Crippen LogP) is 0.809. The molecule has 28 valence electrons. The van der Waals surface area contributed by atoms with Gasteiger partial charge >= 0.3 is 0 Å². The second kappa shape index (κ2) is 3.86. The molecule has 0 aromatic heterocycles. The van der Waals surface area contributed by atoms with Gasteiger partial charge in [0.2, 0.25) is 0 Å². The topological polar surface area (TPSA) is 0 Å². The van der Waals surface area contributed by atoms with E-state index >= 15 is 0 Å². The SMILES string of the molecule is [2H]C#C/C([2H])=C(/[2H])C#C[2H]. The van der Waals surface area contributed by atoms with Gasteiger partial charge in [-0.1, -0.05) is 11.8 Å². The molecule has 0 saturated carbocycles. The molecule has 0 unspecified atom stereocenters. The standard InChI is InChI=1S/C6H4/c1-3-5-6-4-2/h1-2,5-6H/b6-5-/i1D,2D,5D,6D. The first-order valence-electron chi connectivity index (χ1n) is 3.25. The van der Waals surface area contributed by atoms with Crippen LogP contribution in [0.15, 0.2) is 12.1 Å². The Labute approximate surface area is 43.5 Å². The van der Waals surface area contributed by atoms with Gasteiger partial charge < -0.3 is 0 Å². The fourth-order valence-electron chi connectivity index (χ4n) is 0.0625. The van der Waals surface area contributed by atoms with Gasteiger partial charge in [0.25, 0.3) is 0 Å². The van der Waals surface area contributed by atoms with Gasteiger partial charge in [-0.05, 0) is 12.1 Å². The normalized spacial score (nSPS) is 17.3. The van der Waals surface area contributed by atoms with E-state index in [-0.39, 0.29) is 12.1 Å². The van der Waals surface area contributed by atoms with Gasteiger partial charge in [-0.15, -0.1) is 12.8 Å². The van der Waals surface area contributed by atoms with Crippen molar-refractivity contribution >= 4 is 0 Å². The van der Waals surface area contributed by atoms with Crippen molar-refractivity contribution in [2.45, 2.75) is 0 Å². The van der Waals surface area contributed by atoms with E-state index in [2.05, 4.69) is 0 Å². The van der Waals surface area contributed by atoms with Crippen LogP contribution in [0.4, 0.5) is 0 Å². The lowest BCUT2D eigenvalue weighted by molar-refractivity contribution is 2.16. The van der Waals surface area contributed by atoms with Crippen LogP contribution in [0.2, 0.25) is 0 Å². The molecule has 6 heavy (non-hydrogen) atoms. The third-order valence-corrected chi connectivity index (χ3v) is 0.188. The lowest BCUT2D eigenvalue weighted by Gasteiger charge is -1.53. The summed E-state index contributed by atoms with van der Waals surface area (Å²) in [6, 6.07) is -0.649. The quantitative estimate of drug-likeness (QED) is 0.378. The van der Waals surface area contributed by atoms with Crippen LogP contribution in [0.1, 0.15) is 5.48 Å². The number of allylic oxidation sites excluding steroid dienone is 2. The van der Waals surface area contributed by atoms with Crippen molar-refractivity contribution in [2.75, 3.05) is 0 Å². The number of hydrogen-bond donors (Lipinski definition) is 0. The van der Waals surface area contributed by atoms with Crippen LogP contribution < -0.4 is 0 Å². The number of rotatable bonds is 0. The Hall–Kier alpha value is -1.14. The van der Waals surface area contributed by atoms with Crippen LogP contribution in [-0.4, -0.2) is 0 Å². The van der Waals surface area contributed by atoms with E-state index in [4.69, 9.17) is 5.48 Å². The summed E-state index contributed by atoms with van der Waals surface area (Å²) in [5.74, 6) is 4.04. The minimum atomic E-state index is -0.324. The molecular weight excluding hydrogens is 72.1 g/mol. The Morgan fingerprint density at radius 2 is 2.00 bits per heavy atom. The number of terminal acetylenes is 2. The minimum absolute atomic E-state index is 0.324. The Morgan fingerprint density at radius 3 is 2.33 bits per heavy atom. The monoisotopic (exact) mass is 80.1 g/mol. The van der Waals surface area contributed by atoms with Gasteiger partial charge in [0.15, 0.2) is 0 Å². The van der Waals surface area contributed by atoms with Gasteiger partial charge in [0, 0.05) is 0 Å². The molecule has 0 heterocycles. The molecule has 0 atom stereocenters. The van der Waals surface area contributed by atoms with Gasteiger partial charge in [-0.3, -0.25) is 0 Å². The third-order valence-electron chi connectivity index (χ3n) is 0.188. The molecule has 0 heteroatoms. The lowest BCUT2D eigenvalue weighted by Crippen LogP contribution is -1.41. The molecule has 0 N–H and O–H groups in total. The Balaban J connectivity index is 4.56. The molecular formula is C6H4. The maximum Gasteiger partial charge on any atom is 0.124 e. The molecule has 0 aliphatic heterocycles. The van der Waals surface area contributed by atoms with E-state index in [1.165, 1.54) is 0 Å². The largest absolute Gasteiger partial charge is 0.124 e. The summed E-state index contributed by atoms with van der Waals surface area (Å²) >= 11 is 0. The van der Waals surface area contributed by atoms with Gasteiger partial charge in [0.05, 0.1) is 2.74 Å². The smallest absolute Gasteiger partial charge is 0.115 e. The van der Waals surface area contributed by atoms with Crippen molar-refractivity contribution in [2.24, 2.45) is 0 Å². The zero-order valence-corrected chi connectivity index (χ0v) is 3.00. The van der Waals surface area contributed by atoms with Gasteiger partial charge in [-0.2, -0.15) is 0 Å². The third kappa shape index (κ3) is 2.86. The summed E-state index contributed by atoms with van der Waals surface area (Å²) in [6.45, 7) is 0. The maximum absolute atomic E-state index is 6.89. The molecule has 0 aliphatic rings. The molecule has 0 spiro atoms. The van der Waals surface area contributed by atoms with Crippen LogP contribution in [-0.2, 0) is 0 Å². The van der Waals surface area contributed by atoms with Gasteiger partial charge in [0.1, 0.15) is 2.74 Å². The first-order valence-corrected chi connectivity index (χ1v) is 1.25. The Kier molecular flexibility index (Phi) is 0.754. The van der Waals surface area contributed by atoms with Crippen LogP contribution in [0.3, 0.4) is 0 Å². The highest BCUT2D eigenvalue weighted by atomic mass is 13.5. The summed E-state index contributed by atoms with van der Waals surface area (Å²) in [5, 5.41) is 0. The molecule has 0 aromatic rings. The fourth-order valence-corrected chi connectivity index (χ4v) is 0.0625. The van der Waals surface area contributed by atoms with E-state index in [1.54, 1.807) is 12.8 Å². The van der Waals surface area contributed by atoms with Crippen LogP contribution >= 0.6 is 0 Å². The molecule has 0 bridgehead atoms. The van der Waals surface area contributed by atoms with E-state index in [0.29, 0.717) is 0 Å². The van der Waals surface area contributed by atoms with E-state index in [9.17, 15) is 0 Å². The van der Waals surface area contributed by atoms with Crippen molar-refractivity contribution in [3.05, 3.63) is 12.1 Å². The minimum Gasteiger partial charge on any atom is -0.115 e. The average molecular weight is 80.1 g/mol. The first-order chi connectivity index (χ1) is 4.72. The number of hydrogen-bond acceptors (Lipinski definition) is 0. The van der Waals surface area contributed by atoms with Crippen molar-refractivity contribution < 1.29 is 5.48 Å². The Morgan fingerprint density at radius 1 is 1.50 bits per heavy atom. The van der Waals surface area contributed by atoms with Crippen molar-refractivity contribution in [3.8, 4) is 24.6 Å². The lowest BCUT2D eigenvalue weighted by atomic mass is 10.5. The molecule has 0 rings (SSSR count). The van der Waals surface area contributed by atoms with Gasteiger partial charge in [-0.25, -0.2) is 0 Å². The maximum atomic E-state index is 6.89. The van der Waals surface area contributed by atoms with E-state index < -0.39 is 0 Å². The van der Waals surface area contributed by atoms with E-state index in [1.807, 2.05) is 11.8 Å². The van der Waals surface area contributed by atoms with Crippen LogP contribution in [0, 0.1) is 24.6 Å². The second-order valence-electron chi connectivity index (χ2n) is 0.500. The molecule has 0 aliphatic carbocycles. The average Bonchev–Trinajstić information content (AvgIpc) is 1.89. The summed E-state index contributed by atoms with van der Waals surface area (Å²) in [5.41, 5.74) is 0. The zero-order chi connectivity index (χ0) is 7.98. The first kappa shape index (κ1) is 1.17. The molecule has 0 fully saturated rings. The second-order valence-corrected chi connectivity index (χ2v) is 0.500. The summed E-state index contributed by atoms with van der Waals surface area (Å²) in [7, 11) is 0. The highest BCUT2D eigenvalue weighted by Crippen LogP contribution is 1.59. The Bertz CT molecular complexity index is 227. The van der Waals surface area contributed by atoms with Crippen LogP contribution in [0.25, 0.3) is 0 Å². The van der Waals surface area contributed by atoms with Crippen molar-refractivity contribution in [1.29, 1.82) is 0 Å². The predicted molar refractivity (Wildman–Crippen MR) is 26.8 cm³/mol. The summed E-state index contributed by atoms with van der Waals surface area (Å²) < 4.78 is 26.5. The zero-order valence-electron chi connectivity index (χ0n) is 7.00. The molecule has 0 saturated heterocycles. The summed E-state index contributed by atoms with van der Waals surface area (Å²) in [4.78, 5) is 0. The summed E-state index contributed by atoms with van der Waals surface area (Å²) in [6.07, 6.45) is 3.42. The van der Waals surface area contributed by atoms with Crippen molar-refractivity contribution in [3.63, 3.8) is 0 Å². The van der Waals surface area contributed by atoms with Crippen molar-refractivity contribution in [1.82, 2.24) is 0 Å². The highest BCUT2D eigenvalue weighted by Gasteiger charge is 1.46. The van der Waals surface area contributed by atoms with Crippen LogP contribution in [0.5, 0.6) is 0 Å². The molecule has 0 amide bonds. The van der Waals surface area contributed by atoms with E-state index in [0.717, 1.165) is 0 Å². The molecule has 0 radical (unpaired) electrons.